The normalized spacial score (nSPS) is 14.4. The van der Waals surface area contributed by atoms with E-state index in [0.29, 0.717) is 16.5 Å². The van der Waals surface area contributed by atoms with E-state index in [1.165, 1.54) is 9.80 Å². The molecule has 3 rings (SSSR count). The van der Waals surface area contributed by atoms with Gasteiger partial charge in [0.25, 0.3) is 5.91 Å². The van der Waals surface area contributed by atoms with Crippen LogP contribution in [0.4, 0.5) is 29.7 Å². The number of rotatable bonds is 3. The predicted molar refractivity (Wildman–Crippen MR) is 97.8 cm³/mol. The molecule has 2 aromatic rings. The topological polar surface area (TPSA) is 39.7 Å². The number of thiazole rings is 1. The van der Waals surface area contributed by atoms with E-state index in [2.05, 4.69) is 4.98 Å². The van der Waals surface area contributed by atoms with Crippen LogP contribution >= 0.6 is 22.9 Å². The highest BCUT2D eigenvalue weighted by molar-refractivity contribution is 7.18. The van der Waals surface area contributed by atoms with E-state index in [1.807, 2.05) is 0 Å². The van der Waals surface area contributed by atoms with Crippen molar-refractivity contribution in [3.05, 3.63) is 34.3 Å². The number of aromatic nitrogens is 1. The molecule has 0 N–H and O–H groups in total. The predicted octanol–water partition coefficient (Wildman–Crippen LogP) is 3.89. The Morgan fingerprint density at radius 1 is 1.27 bits per heavy atom. The molecule has 1 aromatic carbocycles. The molecule has 140 valence electrons. The van der Waals surface area contributed by atoms with E-state index in [9.17, 15) is 18.0 Å². The van der Waals surface area contributed by atoms with E-state index < -0.39 is 12.7 Å². The summed E-state index contributed by atoms with van der Waals surface area (Å²) in [5.74, 6) is -0.361. The molecule has 1 aromatic heterocycles. The van der Waals surface area contributed by atoms with Crippen LogP contribution in [0.25, 0.3) is 0 Å². The third-order valence-corrected chi connectivity index (χ3v) is 5.47. The van der Waals surface area contributed by atoms with Crippen molar-refractivity contribution in [3.8, 4) is 0 Å². The van der Waals surface area contributed by atoms with Gasteiger partial charge in [-0.25, -0.2) is 4.98 Å². The average Bonchev–Trinajstić information content (AvgIpc) is 2.95. The number of alkyl halides is 3. The molecule has 26 heavy (non-hydrogen) atoms. The van der Waals surface area contributed by atoms with Crippen molar-refractivity contribution >= 4 is 45.4 Å². The van der Waals surface area contributed by atoms with Gasteiger partial charge >= 0.3 is 6.18 Å². The molecule has 0 saturated heterocycles. The summed E-state index contributed by atoms with van der Waals surface area (Å²) in [6, 6.07) is 6.56. The molecule has 0 aliphatic carbocycles. The van der Waals surface area contributed by atoms with Gasteiger partial charge in [0.1, 0.15) is 11.4 Å². The van der Waals surface area contributed by atoms with Gasteiger partial charge in [0, 0.05) is 27.2 Å². The van der Waals surface area contributed by atoms with Crippen LogP contribution in [0.5, 0.6) is 0 Å². The van der Waals surface area contributed by atoms with Crippen LogP contribution in [0, 0.1) is 0 Å². The minimum absolute atomic E-state index is 0.0826. The van der Waals surface area contributed by atoms with Crippen molar-refractivity contribution in [3.63, 3.8) is 0 Å². The number of fused-ring (bicyclic) bond motifs is 1. The molecule has 0 spiro atoms. The van der Waals surface area contributed by atoms with Crippen LogP contribution in [-0.4, -0.2) is 50.8 Å². The second-order valence-electron chi connectivity index (χ2n) is 5.99. The maximum atomic E-state index is 13.0. The number of halogens is 4. The first kappa shape index (κ1) is 18.8. The molecule has 0 fully saturated rings. The van der Waals surface area contributed by atoms with Gasteiger partial charge in [0.15, 0.2) is 10.3 Å². The van der Waals surface area contributed by atoms with E-state index in [0.717, 1.165) is 11.3 Å². The molecule has 5 nitrogen and oxygen atoms in total. The van der Waals surface area contributed by atoms with Crippen molar-refractivity contribution in [1.29, 1.82) is 0 Å². The molecule has 0 saturated carbocycles. The summed E-state index contributed by atoms with van der Waals surface area (Å²) in [6.45, 7) is -0.838. The third-order valence-electron chi connectivity index (χ3n) is 3.87. The van der Waals surface area contributed by atoms with Crippen LogP contribution in [0.2, 0.25) is 5.15 Å². The summed E-state index contributed by atoms with van der Waals surface area (Å²) >= 11 is 7.26. The van der Waals surface area contributed by atoms with E-state index >= 15 is 0 Å². The molecule has 1 aliphatic heterocycles. The van der Waals surface area contributed by atoms with Crippen molar-refractivity contribution in [2.45, 2.75) is 6.18 Å². The molecule has 2 heterocycles. The zero-order valence-electron chi connectivity index (χ0n) is 14.0. The zero-order valence-corrected chi connectivity index (χ0v) is 15.6. The fourth-order valence-corrected chi connectivity index (χ4v) is 3.91. The lowest BCUT2D eigenvalue weighted by atomic mass is 10.1. The molecule has 0 atom stereocenters. The Morgan fingerprint density at radius 2 is 1.92 bits per heavy atom. The Morgan fingerprint density at radius 3 is 2.50 bits per heavy atom. The van der Waals surface area contributed by atoms with Gasteiger partial charge in [0.05, 0.1) is 11.4 Å². The molecular formula is C16H16ClF3N4OS. The highest BCUT2D eigenvalue weighted by atomic mass is 35.5. The Kier molecular flexibility index (Phi) is 5.03. The summed E-state index contributed by atoms with van der Waals surface area (Å²) in [6.07, 6.45) is -4.32. The number of nitrogens with zero attached hydrogens (tertiary/aromatic N) is 4. The van der Waals surface area contributed by atoms with Gasteiger partial charge in [-0.1, -0.05) is 35.1 Å². The summed E-state index contributed by atoms with van der Waals surface area (Å²) in [7, 11) is 3.57. The fraction of sp³-hybridized carbons (Fsp3) is 0.375. The number of hydrogen-bond acceptors (Lipinski definition) is 5. The number of anilines is 3. The van der Waals surface area contributed by atoms with Gasteiger partial charge in [-0.05, 0) is 12.1 Å². The van der Waals surface area contributed by atoms with Crippen molar-refractivity contribution in [1.82, 2.24) is 4.98 Å². The van der Waals surface area contributed by atoms with Crippen LogP contribution in [0.15, 0.2) is 24.3 Å². The van der Waals surface area contributed by atoms with Crippen LogP contribution < -0.4 is 14.7 Å². The maximum absolute atomic E-state index is 13.0. The fourth-order valence-electron chi connectivity index (χ4n) is 2.75. The number of carbonyl (C=O) groups excluding carboxylic acids is 1. The lowest BCUT2D eigenvalue weighted by Gasteiger charge is -2.37. The molecular weight excluding hydrogens is 389 g/mol. The monoisotopic (exact) mass is 404 g/mol. The Labute approximate surface area is 157 Å². The van der Waals surface area contributed by atoms with Crippen molar-refractivity contribution in [2.75, 3.05) is 48.4 Å². The number of benzene rings is 1. The standard InChI is InChI=1S/C16H16ClF3N4OS/c1-22(2)15-21-13(17)12(26-15)14(25)24-8-7-23(9-16(18,19)20)10-5-3-4-6-11(10)24/h3-6H,7-9H2,1-2H3. The quantitative estimate of drug-likeness (QED) is 0.778. The summed E-state index contributed by atoms with van der Waals surface area (Å²) in [5.41, 5.74) is 0.807. The van der Waals surface area contributed by atoms with Crippen LogP contribution in [0.3, 0.4) is 0 Å². The Balaban J connectivity index is 1.94. The van der Waals surface area contributed by atoms with Gasteiger partial charge < -0.3 is 14.7 Å². The van der Waals surface area contributed by atoms with Gasteiger partial charge in [-0.2, -0.15) is 13.2 Å². The average molecular weight is 405 g/mol. The number of hydrogen-bond donors (Lipinski definition) is 0. The maximum Gasteiger partial charge on any atom is 0.405 e. The lowest BCUT2D eigenvalue weighted by molar-refractivity contribution is -0.119. The lowest BCUT2D eigenvalue weighted by Crippen LogP contribution is -2.46. The van der Waals surface area contributed by atoms with E-state index in [1.54, 1.807) is 43.3 Å². The molecule has 0 radical (unpaired) electrons. The molecule has 0 bridgehead atoms. The van der Waals surface area contributed by atoms with Gasteiger partial charge in [-0.3, -0.25) is 4.79 Å². The first-order valence-electron chi connectivity index (χ1n) is 7.73. The SMILES string of the molecule is CN(C)c1nc(Cl)c(C(=O)N2CCN(CC(F)(F)F)c3ccccc32)s1. The first-order valence-corrected chi connectivity index (χ1v) is 8.93. The number of para-hydroxylation sites is 2. The minimum Gasteiger partial charge on any atom is -0.359 e. The van der Waals surface area contributed by atoms with Crippen molar-refractivity contribution in [2.24, 2.45) is 0 Å². The summed E-state index contributed by atoms with van der Waals surface area (Å²) in [4.78, 5) is 21.8. The van der Waals surface area contributed by atoms with Crippen LogP contribution in [0.1, 0.15) is 9.67 Å². The molecule has 1 aliphatic rings. The first-order chi connectivity index (χ1) is 12.2. The summed E-state index contributed by atoms with van der Waals surface area (Å²) in [5, 5.41) is 0.682. The van der Waals surface area contributed by atoms with Gasteiger partial charge in [0.2, 0.25) is 0 Å². The van der Waals surface area contributed by atoms with Crippen molar-refractivity contribution < 1.29 is 18.0 Å². The molecule has 1 amide bonds. The summed E-state index contributed by atoms with van der Waals surface area (Å²) < 4.78 is 38.5. The zero-order chi connectivity index (χ0) is 19.1. The Bertz CT molecular complexity index is 824. The number of amides is 1. The van der Waals surface area contributed by atoms with E-state index in [-0.39, 0.29) is 29.0 Å². The largest absolute Gasteiger partial charge is 0.405 e. The molecule has 0 unspecified atom stereocenters. The number of carbonyl (C=O) groups is 1. The smallest absolute Gasteiger partial charge is 0.359 e. The second kappa shape index (κ2) is 6.96. The highest BCUT2D eigenvalue weighted by Gasteiger charge is 2.36. The third kappa shape index (κ3) is 3.73. The van der Waals surface area contributed by atoms with Crippen LogP contribution in [-0.2, 0) is 0 Å². The second-order valence-corrected chi connectivity index (χ2v) is 7.33. The Hall–Kier alpha value is -2.00. The minimum atomic E-state index is -4.32. The highest BCUT2D eigenvalue weighted by Crippen LogP contribution is 2.37. The van der Waals surface area contributed by atoms with E-state index in [4.69, 9.17) is 11.6 Å². The molecule has 10 heteroatoms. The van der Waals surface area contributed by atoms with Gasteiger partial charge in [-0.15, -0.1) is 0 Å².